The summed E-state index contributed by atoms with van der Waals surface area (Å²) in [6, 6.07) is 27.1. The zero-order valence-electron chi connectivity index (χ0n) is 16.3. The Hall–Kier alpha value is -3.34. The smallest absolute Gasteiger partial charge is 0.293 e. The standard InChI is InChI=1S/C25H17Cl2N3O/c26-19-13-11-17(12-14-19)21-20(15-16-7-3-1-4-8-16)29-30-24(21)28-23(22(27)25(30)31)18-9-5-2-6-10-18/h1-14,28H,15H2. The summed E-state index contributed by atoms with van der Waals surface area (Å²) in [5, 5.41) is 5.41. The number of nitrogens with zero attached hydrogens (tertiary/aromatic N) is 2. The molecule has 1 N–H and O–H groups in total. The fraction of sp³-hybridized carbons (Fsp3) is 0.0400. The van der Waals surface area contributed by atoms with Crippen LogP contribution in [0.15, 0.2) is 89.7 Å². The molecule has 152 valence electrons. The molecule has 6 heteroatoms. The van der Waals surface area contributed by atoms with E-state index in [0.29, 0.717) is 22.8 Å². The molecular weight excluding hydrogens is 429 g/mol. The number of aromatic nitrogens is 3. The van der Waals surface area contributed by atoms with E-state index >= 15 is 0 Å². The Morgan fingerprint density at radius 2 is 1.45 bits per heavy atom. The molecule has 0 saturated heterocycles. The predicted octanol–water partition coefficient (Wildman–Crippen LogP) is 6.25. The topological polar surface area (TPSA) is 50.2 Å². The van der Waals surface area contributed by atoms with Crippen LogP contribution in [0.1, 0.15) is 11.3 Å². The zero-order chi connectivity index (χ0) is 21.4. The van der Waals surface area contributed by atoms with Gasteiger partial charge in [0.15, 0.2) is 0 Å². The fourth-order valence-corrected chi connectivity index (χ4v) is 4.10. The third-order valence-electron chi connectivity index (χ3n) is 5.21. The number of aromatic amines is 1. The summed E-state index contributed by atoms with van der Waals surface area (Å²) < 4.78 is 1.36. The average molecular weight is 446 g/mol. The van der Waals surface area contributed by atoms with Gasteiger partial charge in [0.25, 0.3) is 5.56 Å². The summed E-state index contributed by atoms with van der Waals surface area (Å²) in [6.07, 6.45) is 0.575. The number of hydrogen-bond acceptors (Lipinski definition) is 2. The molecule has 0 aliphatic rings. The lowest BCUT2D eigenvalue weighted by molar-refractivity contribution is 0.867. The maximum Gasteiger partial charge on any atom is 0.293 e. The minimum Gasteiger partial charge on any atom is -0.338 e. The molecule has 0 unspecified atom stereocenters. The van der Waals surface area contributed by atoms with E-state index in [9.17, 15) is 4.79 Å². The van der Waals surface area contributed by atoms with Crippen molar-refractivity contribution in [3.8, 4) is 22.4 Å². The van der Waals surface area contributed by atoms with Crippen LogP contribution in [0.3, 0.4) is 0 Å². The molecule has 0 amide bonds. The van der Waals surface area contributed by atoms with E-state index in [4.69, 9.17) is 23.2 Å². The summed E-state index contributed by atoms with van der Waals surface area (Å²) in [4.78, 5) is 16.5. The minimum atomic E-state index is -0.358. The molecule has 0 radical (unpaired) electrons. The third-order valence-corrected chi connectivity index (χ3v) is 5.81. The van der Waals surface area contributed by atoms with Gasteiger partial charge >= 0.3 is 0 Å². The van der Waals surface area contributed by atoms with Crippen molar-refractivity contribution >= 4 is 28.8 Å². The first-order valence-corrected chi connectivity index (χ1v) is 10.6. The van der Waals surface area contributed by atoms with Gasteiger partial charge in [0.2, 0.25) is 0 Å². The van der Waals surface area contributed by atoms with Gasteiger partial charge in [0, 0.05) is 17.0 Å². The van der Waals surface area contributed by atoms with E-state index in [1.807, 2.05) is 84.9 Å². The molecule has 2 heterocycles. The van der Waals surface area contributed by atoms with E-state index in [2.05, 4.69) is 10.1 Å². The van der Waals surface area contributed by atoms with E-state index in [1.54, 1.807) is 0 Å². The molecular formula is C25H17Cl2N3O. The Labute approximate surface area is 188 Å². The first-order chi connectivity index (χ1) is 15.1. The largest absolute Gasteiger partial charge is 0.338 e. The molecule has 5 aromatic rings. The quantitative estimate of drug-likeness (QED) is 0.355. The highest BCUT2D eigenvalue weighted by Gasteiger charge is 2.21. The van der Waals surface area contributed by atoms with Crippen molar-refractivity contribution in [2.45, 2.75) is 6.42 Å². The molecule has 2 aromatic heterocycles. The summed E-state index contributed by atoms with van der Waals surface area (Å²) >= 11 is 12.6. The van der Waals surface area contributed by atoms with E-state index in [1.165, 1.54) is 4.52 Å². The second-order valence-corrected chi connectivity index (χ2v) is 8.05. The number of hydrogen-bond donors (Lipinski definition) is 1. The Morgan fingerprint density at radius 1 is 0.806 bits per heavy atom. The van der Waals surface area contributed by atoms with Crippen molar-refractivity contribution in [3.63, 3.8) is 0 Å². The van der Waals surface area contributed by atoms with Crippen LogP contribution < -0.4 is 5.56 Å². The van der Waals surface area contributed by atoms with Gasteiger partial charge in [-0.15, -0.1) is 0 Å². The number of fused-ring (bicyclic) bond motifs is 1. The highest BCUT2D eigenvalue weighted by atomic mass is 35.5. The predicted molar refractivity (Wildman–Crippen MR) is 126 cm³/mol. The second kappa shape index (κ2) is 8.06. The summed E-state index contributed by atoms with van der Waals surface area (Å²) in [5.41, 5.74) is 5.30. The number of nitrogens with one attached hydrogen (secondary N) is 1. The average Bonchev–Trinajstić information content (AvgIpc) is 3.16. The van der Waals surface area contributed by atoms with Gasteiger partial charge in [-0.3, -0.25) is 4.79 Å². The number of H-pyrrole nitrogens is 1. The van der Waals surface area contributed by atoms with Crippen molar-refractivity contribution in [1.29, 1.82) is 0 Å². The van der Waals surface area contributed by atoms with E-state index in [0.717, 1.165) is 27.9 Å². The molecule has 5 rings (SSSR count). The van der Waals surface area contributed by atoms with Gasteiger partial charge in [-0.05, 0) is 28.8 Å². The lowest BCUT2D eigenvalue weighted by Crippen LogP contribution is -2.17. The van der Waals surface area contributed by atoms with Crippen molar-refractivity contribution < 1.29 is 0 Å². The molecule has 0 atom stereocenters. The second-order valence-electron chi connectivity index (χ2n) is 7.24. The lowest BCUT2D eigenvalue weighted by atomic mass is 10.0. The Morgan fingerprint density at radius 3 is 2.13 bits per heavy atom. The Balaban J connectivity index is 1.80. The first kappa shape index (κ1) is 19.6. The van der Waals surface area contributed by atoms with Gasteiger partial charge in [-0.25, -0.2) is 0 Å². The highest BCUT2D eigenvalue weighted by Crippen LogP contribution is 2.32. The molecule has 0 aliphatic carbocycles. The van der Waals surface area contributed by atoms with E-state index < -0.39 is 0 Å². The lowest BCUT2D eigenvalue weighted by Gasteiger charge is -2.08. The normalized spacial score (nSPS) is 11.2. The number of halogens is 2. The first-order valence-electron chi connectivity index (χ1n) is 9.80. The summed E-state index contributed by atoms with van der Waals surface area (Å²) in [5.74, 6) is 0. The molecule has 0 fully saturated rings. The van der Waals surface area contributed by atoms with Crippen molar-refractivity contribution in [2.24, 2.45) is 0 Å². The molecule has 0 aliphatic heterocycles. The van der Waals surface area contributed by atoms with Crippen LogP contribution in [0.2, 0.25) is 10.0 Å². The van der Waals surface area contributed by atoms with Gasteiger partial charge in [-0.1, -0.05) is 96.0 Å². The highest BCUT2D eigenvalue weighted by molar-refractivity contribution is 6.33. The van der Waals surface area contributed by atoms with Crippen molar-refractivity contribution in [3.05, 3.63) is 117 Å². The van der Waals surface area contributed by atoms with Crippen molar-refractivity contribution in [2.75, 3.05) is 0 Å². The molecule has 3 aromatic carbocycles. The Bertz CT molecular complexity index is 1420. The monoisotopic (exact) mass is 445 g/mol. The maximum atomic E-state index is 13.2. The van der Waals surface area contributed by atoms with Crippen LogP contribution in [0.5, 0.6) is 0 Å². The number of rotatable bonds is 4. The minimum absolute atomic E-state index is 0.107. The van der Waals surface area contributed by atoms with Gasteiger partial charge < -0.3 is 4.98 Å². The molecule has 31 heavy (non-hydrogen) atoms. The number of benzene rings is 3. The molecule has 0 bridgehead atoms. The van der Waals surface area contributed by atoms with Crippen LogP contribution in [0.25, 0.3) is 28.0 Å². The SMILES string of the molecule is O=c1c(Cl)c(-c2ccccc2)[nH]c2c(-c3ccc(Cl)cc3)c(Cc3ccccc3)nn12. The Kier molecular flexibility index (Phi) is 5.10. The zero-order valence-corrected chi connectivity index (χ0v) is 17.9. The molecule has 0 saturated carbocycles. The maximum absolute atomic E-state index is 13.2. The van der Waals surface area contributed by atoms with Gasteiger partial charge in [0.05, 0.1) is 11.4 Å². The third kappa shape index (κ3) is 3.65. The summed E-state index contributed by atoms with van der Waals surface area (Å²) in [6.45, 7) is 0. The molecule has 0 spiro atoms. The van der Waals surface area contributed by atoms with Crippen LogP contribution >= 0.6 is 23.2 Å². The van der Waals surface area contributed by atoms with Gasteiger partial charge in [-0.2, -0.15) is 9.61 Å². The van der Waals surface area contributed by atoms with Crippen LogP contribution in [0, 0.1) is 0 Å². The van der Waals surface area contributed by atoms with Crippen LogP contribution in [0.4, 0.5) is 0 Å². The van der Waals surface area contributed by atoms with Gasteiger partial charge in [0.1, 0.15) is 10.7 Å². The summed E-state index contributed by atoms with van der Waals surface area (Å²) in [7, 11) is 0. The van der Waals surface area contributed by atoms with Crippen molar-refractivity contribution in [1.82, 2.24) is 14.6 Å². The molecule has 4 nitrogen and oxygen atoms in total. The fourth-order valence-electron chi connectivity index (χ4n) is 3.74. The van der Waals surface area contributed by atoms with Crippen LogP contribution in [-0.2, 0) is 6.42 Å². The van der Waals surface area contributed by atoms with Crippen LogP contribution in [-0.4, -0.2) is 14.6 Å². The van der Waals surface area contributed by atoms with E-state index in [-0.39, 0.29) is 10.6 Å².